The van der Waals surface area contributed by atoms with Crippen molar-refractivity contribution in [3.8, 4) is 0 Å². The van der Waals surface area contributed by atoms with E-state index in [1.807, 2.05) is 26.0 Å². The number of hydrogen-bond donors (Lipinski definition) is 2. The second-order valence-electron chi connectivity index (χ2n) is 4.72. The smallest absolute Gasteiger partial charge is 0.331 e. The number of aliphatic hydroxyl groups excluding tert-OH is 1. The highest BCUT2D eigenvalue weighted by atomic mass is 16.4. The van der Waals surface area contributed by atoms with Gasteiger partial charge >= 0.3 is 5.97 Å². The summed E-state index contributed by atoms with van der Waals surface area (Å²) in [5, 5.41) is 18.4. The Bertz CT molecular complexity index is 402. The molecule has 0 amide bonds. The lowest BCUT2D eigenvalue weighted by Gasteiger charge is -2.32. The van der Waals surface area contributed by atoms with Crippen LogP contribution < -0.4 is 0 Å². The zero-order valence-electron chi connectivity index (χ0n) is 12.4. The molecule has 0 spiro atoms. The predicted molar refractivity (Wildman–Crippen MR) is 80.3 cm³/mol. The molecule has 0 atom stereocenters. The highest BCUT2D eigenvalue weighted by Crippen LogP contribution is 2.19. The first kappa shape index (κ1) is 16.5. The van der Waals surface area contributed by atoms with Crippen LogP contribution in [0.3, 0.4) is 0 Å². The van der Waals surface area contributed by atoms with E-state index in [9.17, 15) is 9.90 Å². The van der Waals surface area contributed by atoms with Crippen molar-refractivity contribution < 1.29 is 15.0 Å². The summed E-state index contributed by atoms with van der Waals surface area (Å²) in [6.45, 7) is 5.74. The molecule has 112 valence electrons. The van der Waals surface area contributed by atoms with Gasteiger partial charge in [-0.1, -0.05) is 32.1 Å². The van der Waals surface area contributed by atoms with Crippen LogP contribution in [0.1, 0.15) is 39.5 Å². The van der Waals surface area contributed by atoms with Gasteiger partial charge in [0.25, 0.3) is 0 Å². The van der Waals surface area contributed by atoms with Crippen LogP contribution in [0.15, 0.2) is 35.6 Å². The normalized spacial score (nSPS) is 24.2. The Balaban J connectivity index is 0.000000956. The lowest BCUT2D eigenvalue weighted by molar-refractivity contribution is -0.132. The maximum atomic E-state index is 10.9. The number of aliphatic hydroxyl groups is 1. The van der Waals surface area contributed by atoms with Crippen molar-refractivity contribution in [2.75, 3.05) is 13.1 Å². The van der Waals surface area contributed by atoms with Gasteiger partial charge in [0, 0.05) is 24.4 Å². The van der Waals surface area contributed by atoms with Gasteiger partial charge < -0.3 is 15.1 Å². The molecule has 0 unspecified atom stereocenters. The first-order valence-electron chi connectivity index (χ1n) is 7.39. The number of piperidine rings is 1. The Labute approximate surface area is 121 Å². The second kappa shape index (κ2) is 8.59. The molecule has 0 saturated carbocycles. The van der Waals surface area contributed by atoms with Gasteiger partial charge in [-0.05, 0) is 31.8 Å². The fraction of sp³-hybridized carbons (Fsp3) is 0.562. The third-order valence-corrected chi connectivity index (χ3v) is 3.42. The molecule has 1 aliphatic heterocycles. The number of allylic oxidation sites excluding steroid dienone is 4. The maximum Gasteiger partial charge on any atom is 0.331 e. The van der Waals surface area contributed by atoms with E-state index < -0.39 is 5.97 Å². The fourth-order valence-corrected chi connectivity index (χ4v) is 2.31. The van der Waals surface area contributed by atoms with Gasteiger partial charge in [-0.25, -0.2) is 4.79 Å². The standard InChI is InChI=1S/C14H19NO3.C2H6/c16-13-7-9-15(10-8-13)12-5-1-3-11(14(17)18)4-2-6-12;1-2/h1,4-6,13,16H,2-3,7-10H2,(H,17,18);1-2H3/b5-1-,11-4+,12-6?;. The second-order valence-corrected chi connectivity index (χ2v) is 4.72. The zero-order valence-corrected chi connectivity index (χ0v) is 12.4. The van der Waals surface area contributed by atoms with Crippen LogP contribution in [0.4, 0.5) is 0 Å². The van der Waals surface area contributed by atoms with Crippen molar-refractivity contribution >= 4 is 5.97 Å². The summed E-state index contributed by atoms with van der Waals surface area (Å²) in [5.74, 6) is -0.836. The topological polar surface area (TPSA) is 60.8 Å². The number of hydrogen-bond acceptors (Lipinski definition) is 3. The Morgan fingerprint density at radius 3 is 2.50 bits per heavy atom. The Kier molecular flexibility index (Phi) is 7.09. The van der Waals surface area contributed by atoms with Crippen LogP contribution in [0.2, 0.25) is 0 Å². The van der Waals surface area contributed by atoms with E-state index in [1.54, 1.807) is 6.08 Å². The first-order valence-corrected chi connectivity index (χ1v) is 7.39. The van der Waals surface area contributed by atoms with Crippen molar-refractivity contribution in [2.45, 2.75) is 45.6 Å². The van der Waals surface area contributed by atoms with Gasteiger partial charge in [-0.2, -0.15) is 0 Å². The van der Waals surface area contributed by atoms with Gasteiger partial charge in [0.1, 0.15) is 0 Å². The van der Waals surface area contributed by atoms with Crippen molar-refractivity contribution in [2.24, 2.45) is 0 Å². The molecular weight excluding hydrogens is 254 g/mol. The lowest BCUT2D eigenvalue weighted by Crippen LogP contribution is -2.34. The Hall–Kier alpha value is -1.55. The third-order valence-electron chi connectivity index (χ3n) is 3.42. The summed E-state index contributed by atoms with van der Waals surface area (Å²) in [6, 6.07) is 0. The number of carboxylic acids is 1. The van der Waals surface area contributed by atoms with Crippen LogP contribution in [0, 0.1) is 0 Å². The number of rotatable bonds is 2. The SMILES string of the molecule is CC.O=C(O)/C1=C/CC=C(N2CCC(O)CC2)/C=C\C1. The summed E-state index contributed by atoms with van der Waals surface area (Å²) in [6.07, 6.45) is 10.3. The minimum atomic E-state index is -0.836. The molecule has 0 aromatic carbocycles. The number of carbonyl (C=O) groups is 1. The Morgan fingerprint density at radius 2 is 1.90 bits per heavy atom. The lowest BCUT2D eigenvalue weighted by atomic mass is 10.0. The van der Waals surface area contributed by atoms with E-state index in [0.717, 1.165) is 31.6 Å². The fourth-order valence-electron chi connectivity index (χ4n) is 2.31. The number of aliphatic carboxylic acids is 1. The molecule has 1 fully saturated rings. The summed E-state index contributed by atoms with van der Waals surface area (Å²) in [5.41, 5.74) is 1.60. The molecule has 20 heavy (non-hydrogen) atoms. The molecule has 1 saturated heterocycles. The highest BCUT2D eigenvalue weighted by molar-refractivity contribution is 5.86. The quantitative estimate of drug-likeness (QED) is 0.816. The molecule has 0 radical (unpaired) electrons. The largest absolute Gasteiger partial charge is 0.478 e. The molecule has 2 N–H and O–H groups in total. The van der Waals surface area contributed by atoms with E-state index in [2.05, 4.69) is 11.0 Å². The predicted octanol–water partition coefficient (Wildman–Crippen LogP) is 2.71. The maximum absolute atomic E-state index is 10.9. The molecule has 0 bridgehead atoms. The van der Waals surface area contributed by atoms with Crippen LogP contribution in [0.25, 0.3) is 0 Å². The summed E-state index contributed by atoms with van der Waals surface area (Å²) in [7, 11) is 0. The van der Waals surface area contributed by atoms with Gasteiger partial charge in [0.05, 0.1) is 6.10 Å². The third kappa shape index (κ3) is 4.85. The van der Waals surface area contributed by atoms with Gasteiger partial charge in [0.2, 0.25) is 0 Å². The molecule has 4 nitrogen and oxygen atoms in total. The van der Waals surface area contributed by atoms with Crippen molar-refractivity contribution in [1.82, 2.24) is 4.90 Å². The minimum Gasteiger partial charge on any atom is -0.478 e. The highest BCUT2D eigenvalue weighted by Gasteiger charge is 2.18. The average molecular weight is 279 g/mol. The van der Waals surface area contributed by atoms with Gasteiger partial charge in [-0.3, -0.25) is 0 Å². The summed E-state index contributed by atoms with van der Waals surface area (Å²) < 4.78 is 0. The van der Waals surface area contributed by atoms with Crippen LogP contribution in [0.5, 0.6) is 0 Å². The van der Waals surface area contributed by atoms with E-state index >= 15 is 0 Å². The van der Waals surface area contributed by atoms with Crippen molar-refractivity contribution in [1.29, 1.82) is 0 Å². The van der Waals surface area contributed by atoms with Gasteiger partial charge in [0.15, 0.2) is 0 Å². The first-order chi connectivity index (χ1) is 9.66. The summed E-state index contributed by atoms with van der Waals surface area (Å²) in [4.78, 5) is 13.1. The van der Waals surface area contributed by atoms with Gasteiger partial charge in [-0.15, -0.1) is 0 Å². The van der Waals surface area contributed by atoms with E-state index in [-0.39, 0.29) is 6.10 Å². The number of nitrogens with zero attached hydrogens (tertiary/aromatic N) is 1. The molecule has 1 aliphatic carbocycles. The number of likely N-dealkylation sites (tertiary alicyclic amines) is 1. The molecular formula is C16H25NO3. The van der Waals surface area contributed by atoms with E-state index in [4.69, 9.17) is 5.11 Å². The average Bonchev–Trinajstić information content (AvgIpc) is 2.42. The monoisotopic (exact) mass is 279 g/mol. The van der Waals surface area contributed by atoms with Crippen LogP contribution in [-0.4, -0.2) is 40.3 Å². The van der Waals surface area contributed by atoms with E-state index in [1.165, 1.54) is 0 Å². The Morgan fingerprint density at radius 1 is 1.25 bits per heavy atom. The molecule has 0 aromatic heterocycles. The summed E-state index contributed by atoms with van der Waals surface area (Å²) >= 11 is 0. The number of carboxylic acid groups (broad SMARTS) is 1. The van der Waals surface area contributed by atoms with Crippen molar-refractivity contribution in [3.05, 3.63) is 35.6 Å². The minimum absolute atomic E-state index is 0.169. The molecule has 2 aliphatic rings. The molecule has 1 heterocycles. The molecule has 0 aromatic rings. The molecule has 4 heteroatoms. The van der Waals surface area contributed by atoms with Crippen LogP contribution >= 0.6 is 0 Å². The van der Waals surface area contributed by atoms with Crippen molar-refractivity contribution in [3.63, 3.8) is 0 Å². The zero-order chi connectivity index (χ0) is 15.0. The van der Waals surface area contributed by atoms with E-state index in [0.29, 0.717) is 18.4 Å². The molecule has 2 rings (SSSR count). The van der Waals surface area contributed by atoms with Crippen LogP contribution in [-0.2, 0) is 4.79 Å².